The van der Waals surface area contributed by atoms with Gasteiger partial charge in [-0.15, -0.1) is 11.3 Å². The van der Waals surface area contributed by atoms with Gasteiger partial charge in [0.2, 0.25) is 0 Å². The Labute approximate surface area is 89.7 Å². The monoisotopic (exact) mass is 266 g/mol. The molecule has 1 aromatic heterocycles. The zero-order chi connectivity index (χ0) is 9.68. The number of halogens is 2. The van der Waals surface area contributed by atoms with Crippen LogP contribution in [-0.4, -0.2) is 18.2 Å². The van der Waals surface area contributed by atoms with Crippen molar-refractivity contribution in [3.05, 3.63) is 15.0 Å². The summed E-state index contributed by atoms with van der Waals surface area (Å²) in [5.41, 5.74) is 0. The SMILES string of the molecule is CC(NCCCF)c1ncc(Br)s1. The number of hydrogen-bond acceptors (Lipinski definition) is 3. The number of alkyl halides is 1. The molecule has 1 rings (SSSR count). The first-order valence-electron chi connectivity index (χ1n) is 4.14. The molecule has 1 aromatic rings. The number of nitrogens with one attached hydrogen (secondary N) is 1. The van der Waals surface area contributed by atoms with E-state index in [9.17, 15) is 4.39 Å². The summed E-state index contributed by atoms with van der Waals surface area (Å²) < 4.78 is 12.8. The molecule has 0 saturated heterocycles. The first-order valence-corrected chi connectivity index (χ1v) is 5.75. The zero-order valence-electron chi connectivity index (χ0n) is 7.39. The molecule has 1 unspecified atom stereocenters. The molecule has 1 N–H and O–H groups in total. The highest BCUT2D eigenvalue weighted by Crippen LogP contribution is 2.23. The summed E-state index contributed by atoms with van der Waals surface area (Å²) in [4.78, 5) is 4.21. The Balaban J connectivity index is 2.35. The molecule has 1 atom stereocenters. The summed E-state index contributed by atoms with van der Waals surface area (Å²) in [5, 5.41) is 4.23. The summed E-state index contributed by atoms with van der Waals surface area (Å²) in [6.07, 6.45) is 2.35. The van der Waals surface area contributed by atoms with E-state index in [1.54, 1.807) is 17.5 Å². The highest BCUT2D eigenvalue weighted by molar-refractivity contribution is 9.11. The maximum Gasteiger partial charge on any atom is 0.110 e. The lowest BCUT2D eigenvalue weighted by molar-refractivity contribution is 0.445. The summed E-state index contributed by atoms with van der Waals surface area (Å²) in [6.45, 7) is 2.47. The van der Waals surface area contributed by atoms with Crippen molar-refractivity contribution in [1.29, 1.82) is 0 Å². The average molecular weight is 267 g/mol. The smallest absolute Gasteiger partial charge is 0.110 e. The van der Waals surface area contributed by atoms with Gasteiger partial charge in [0.15, 0.2) is 0 Å². The van der Waals surface area contributed by atoms with Crippen molar-refractivity contribution in [3.8, 4) is 0 Å². The zero-order valence-corrected chi connectivity index (χ0v) is 9.79. The van der Waals surface area contributed by atoms with E-state index < -0.39 is 0 Å². The minimum atomic E-state index is -0.263. The Morgan fingerprint density at radius 1 is 1.77 bits per heavy atom. The Morgan fingerprint density at radius 3 is 3.08 bits per heavy atom. The van der Waals surface area contributed by atoms with E-state index in [2.05, 4.69) is 26.2 Å². The second kappa shape index (κ2) is 5.67. The van der Waals surface area contributed by atoms with Crippen LogP contribution in [0.4, 0.5) is 4.39 Å². The van der Waals surface area contributed by atoms with Crippen molar-refractivity contribution in [2.75, 3.05) is 13.2 Å². The molecular weight excluding hydrogens is 255 g/mol. The summed E-state index contributed by atoms with van der Waals surface area (Å²) in [5.74, 6) is 0. The maximum absolute atomic E-state index is 11.8. The molecule has 0 spiro atoms. The lowest BCUT2D eigenvalue weighted by atomic mass is 10.3. The standard InChI is InChI=1S/C8H12BrFN2S/c1-6(11-4-2-3-10)8-12-5-7(9)13-8/h5-6,11H,2-4H2,1H3. The van der Waals surface area contributed by atoms with Gasteiger partial charge in [0.1, 0.15) is 5.01 Å². The number of rotatable bonds is 5. The Hall–Kier alpha value is -0.0000000000000000833. The van der Waals surface area contributed by atoms with Gasteiger partial charge < -0.3 is 5.32 Å². The van der Waals surface area contributed by atoms with Crippen LogP contribution in [0.3, 0.4) is 0 Å². The molecule has 0 aromatic carbocycles. The molecule has 0 aliphatic carbocycles. The topological polar surface area (TPSA) is 24.9 Å². The van der Waals surface area contributed by atoms with Gasteiger partial charge in [-0.25, -0.2) is 4.98 Å². The van der Waals surface area contributed by atoms with Gasteiger partial charge >= 0.3 is 0 Å². The van der Waals surface area contributed by atoms with Gasteiger partial charge in [0.05, 0.1) is 22.7 Å². The quantitative estimate of drug-likeness (QED) is 0.830. The van der Waals surface area contributed by atoms with E-state index in [4.69, 9.17) is 0 Å². The number of aromatic nitrogens is 1. The number of nitrogens with zero attached hydrogens (tertiary/aromatic N) is 1. The van der Waals surface area contributed by atoms with E-state index >= 15 is 0 Å². The molecule has 1 heterocycles. The van der Waals surface area contributed by atoms with Crippen molar-refractivity contribution in [3.63, 3.8) is 0 Å². The van der Waals surface area contributed by atoms with E-state index in [0.717, 1.165) is 8.79 Å². The van der Waals surface area contributed by atoms with Gasteiger partial charge in [-0.1, -0.05) is 0 Å². The van der Waals surface area contributed by atoms with Crippen LogP contribution in [-0.2, 0) is 0 Å². The Bertz CT molecular complexity index is 254. The first-order chi connectivity index (χ1) is 6.24. The lowest BCUT2D eigenvalue weighted by Crippen LogP contribution is -2.19. The number of thiazole rings is 1. The summed E-state index contributed by atoms with van der Waals surface area (Å²) in [7, 11) is 0. The fourth-order valence-electron chi connectivity index (χ4n) is 0.940. The summed E-state index contributed by atoms with van der Waals surface area (Å²) >= 11 is 4.95. The first kappa shape index (κ1) is 11.1. The second-order valence-electron chi connectivity index (χ2n) is 2.72. The van der Waals surface area contributed by atoms with Crippen molar-refractivity contribution in [1.82, 2.24) is 10.3 Å². The molecule has 0 saturated carbocycles. The molecular formula is C8H12BrFN2S. The van der Waals surface area contributed by atoms with Crippen LogP contribution >= 0.6 is 27.3 Å². The predicted molar refractivity (Wildman–Crippen MR) is 56.8 cm³/mol. The van der Waals surface area contributed by atoms with Crippen molar-refractivity contribution in [2.24, 2.45) is 0 Å². The summed E-state index contributed by atoms with van der Waals surface area (Å²) in [6, 6.07) is 0.211. The van der Waals surface area contributed by atoms with Crippen LogP contribution in [0.25, 0.3) is 0 Å². The Morgan fingerprint density at radius 2 is 2.54 bits per heavy atom. The largest absolute Gasteiger partial charge is 0.308 e. The normalized spacial score (nSPS) is 13.2. The van der Waals surface area contributed by atoms with Crippen LogP contribution in [0.15, 0.2) is 9.98 Å². The third kappa shape index (κ3) is 3.70. The molecule has 74 valence electrons. The fourth-order valence-corrected chi connectivity index (χ4v) is 2.21. The molecule has 13 heavy (non-hydrogen) atoms. The van der Waals surface area contributed by atoms with Gasteiger partial charge in [-0.2, -0.15) is 0 Å². The molecule has 0 aliphatic heterocycles. The van der Waals surface area contributed by atoms with Gasteiger partial charge in [0, 0.05) is 0 Å². The predicted octanol–water partition coefficient (Wildman–Crippen LogP) is 2.92. The maximum atomic E-state index is 11.8. The van der Waals surface area contributed by atoms with Crippen LogP contribution in [0.1, 0.15) is 24.4 Å². The molecule has 0 fully saturated rings. The van der Waals surface area contributed by atoms with Crippen LogP contribution in [0.2, 0.25) is 0 Å². The van der Waals surface area contributed by atoms with E-state index in [1.807, 2.05) is 6.92 Å². The minimum Gasteiger partial charge on any atom is -0.308 e. The highest BCUT2D eigenvalue weighted by atomic mass is 79.9. The second-order valence-corrected chi connectivity index (χ2v) is 5.16. The van der Waals surface area contributed by atoms with Crippen LogP contribution in [0, 0.1) is 0 Å². The molecule has 5 heteroatoms. The molecule has 0 aliphatic rings. The van der Waals surface area contributed by atoms with Gasteiger partial charge in [-0.3, -0.25) is 4.39 Å². The van der Waals surface area contributed by atoms with E-state index in [0.29, 0.717) is 13.0 Å². The van der Waals surface area contributed by atoms with E-state index in [-0.39, 0.29) is 12.7 Å². The van der Waals surface area contributed by atoms with E-state index in [1.165, 1.54) is 0 Å². The molecule has 0 bridgehead atoms. The lowest BCUT2D eigenvalue weighted by Gasteiger charge is -2.09. The van der Waals surface area contributed by atoms with Crippen LogP contribution in [0.5, 0.6) is 0 Å². The fraction of sp³-hybridized carbons (Fsp3) is 0.625. The number of hydrogen-bond donors (Lipinski definition) is 1. The van der Waals surface area contributed by atoms with Crippen molar-refractivity contribution < 1.29 is 4.39 Å². The minimum absolute atomic E-state index is 0.211. The molecule has 0 radical (unpaired) electrons. The van der Waals surface area contributed by atoms with Crippen LogP contribution < -0.4 is 5.32 Å². The van der Waals surface area contributed by atoms with Crippen molar-refractivity contribution in [2.45, 2.75) is 19.4 Å². The average Bonchev–Trinajstić information content (AvgIpc) is 2.52. The molecule has 0 amide bonds. The van der Waals surface area contributed by atoms with Crippen molar-refractivity contribution >= 4 is 27.3 Å². The van der Waals surface area contributed by atoms with Gasteiger partial charge in [0.25, 0.3) is 0 Å². The highest BCUT2D eigenvalue weighted by Gasteiger charge is 2.07. The van der Waals surface area contributed by atoms with Gasteiger partial charge in [-0.05, 0) is 35.8 Å². The third-order valence-electron chi connectivity index (χ3n) is 1.63. The Kier molecular flexibility index (Phi) is 4.83. The third-order valence-corrected chi connectivity index (χ3v) is 3.29. The molecule has 2 nitrogen and oxygen atoms in total.